The third kappa shape index (κ3) is 4.97. The van der Waals surface area contributed by atoms with E-state index in [-0.39, 0.29) is 5.91 Å². The Morgan fingerprint density at radius 2 is 1.63 bits per heavy atom. The van der Waals surface area contributed by atoms with Crippen molar-refractivity contribution in [1.82, 2.24) is 4.90 Å². The zero-order valence-corrected chi connectivity index (χ0v) is 16.3. The molecular weight excluding hydrogens is 356 g/mol. The lowest BCUT2D eigenvalue weighted by Crippen LogP contribution is -2.34. The van der Waals surface area contributed by atoms with Crippen LogP contribution in [0, 0.1) is 6.92 Å². The van der Waals surface area contributed by atoms with Crippen LogP contribution in [0.2, 0.25) is 5.02 Å². The molecule has 0 bridgehead atoms. The minimum absolute atomic E-state index is 0.0837. The Balaban J connectivity index is 1.85. The Bertz CT molecular complexity index is 897. The molecule has 0 radical (unpaired) electrons. The Morgan fingerprint density at radius 3 is 2.26 bits per heavy atom. The van der Waals surface area contributed by atoms with Crippen molar-refractivity contribution in [2.45, 2.75) is 19.5 Å². The standard InChI is InChI=1S/C23H23ClN2O/c1-17-13-14-20(15-21(17)24)25-23(27)22(19-11-7-4-8-12-19)26(2)16-18-9-5-3-6-10-18/h3-15,22H,16H2,1-2H3,(H,25,27)/t22-/m1/s1. The topological polar surface area (TPSA) is 32.3 Å². The number of carbonyl (C=O) groups is 1. The number of amides is 1. The highest BCUT2D eigenvalue weighted by atomic mass is 35.5. The van der Waals surface area contributed by atoms with Gasteiger partial charge in [0.25, 0.3) is 0 Å². The maximum absolute atomic E-state index is 13.1. The molecule has 0 heterocycles. The quantitative estimate of drug-likeness (QED) is 0.617. The molecule has 0 saturated carbocycles. The largest absolute Gasteiger partial charge is 0.324 e. The summed E-state index contributed by atoms with van der Waals surface area (Å²) in [6, 6.07) is 25.1. The van der Waals surface area contributed by atoms with E-state index < -0.39 is 6.04 Å². The predicted octanol–water partition coefficient (Wildman–Crippen LogP) is 5.46. The van der Waals surface area contributed by atoms with E-state index in [0.717, 1.165) is 16.7 Å². The number of nitrogens with zero attached hydrogens (tertiary/aromatic N) is 1. The van der Waals surface area contributed by atoms with Gasteiger partial charge in [0.15, 0.2) is 0 Å². The molecule has 3 aromatic rings. The fraction of sp³-hybridized carbons (Fsp3) is 0.174. The van der Waals surface area contributed by atoms with Crippen molar-refractivity contribution in [2.75, 3.05) is 12.4 Å². The number of benzene rings is 3. The van der Waals surface area contributed by atoms with Gasteiger partial charge < -0.3 is 5.32 Å². The highest BCUT2D eigenvalue weighted by Crippen LogP contribution is 2.25. The summed E-state index contributed by atoms with van der Waals surface area (Å²) in [5.41, 5.74) is 3.79. The molecule has 0 aliphatic carbocycles. The summed E-state index contributed by atoms with van der Waals surface area (Å²) in [5.74, 6) is -0.0837. The number of aryl methyl sites for hydroxylation is 1. The molecule has 0 aliphatic heterocycles. The van der Waals surface area contributed by atoms with E-state index in [2.05, 4.69) is 22.3 Å². The molecule has 0 unspecified atom stereocenters. The lowest BCUT2D eigenvalue weighted by Gasteiger charge is -2.27. The second kappa shape index (κ2) is 8.85. The summed E-state index contributed by atoms with van der Waals surface area (Å²) < 4.78 is 0. The Kier molecular flexibility index (Phi) is 6.28. The number of likely N-dealkylation sites (N-methyl/N-ethyl adjacent to an activating group) is 1. The highest BCUT2D eigenvalue weighted by molar-refractivity contribution is 6.31. The van der Waals surface area contributed by atoms with E-state index in [4.69, 9.17) is 11.6 Å². The van der Waals surface area contributed by atoms with Crippen molar-refractivity contribution in [3.63, 3.8) is 0 Å². The fourth-order valence-electron chi connectivity index (χ4n) is 3.09. The summed E-state index contributed by atoms with van der Waals surface area (Å²) in [5, 5.41) is 3.65. The zero-order chi connectivity index (χ0) is 19.2. The summed E-state index contributed by atoms with van der Waals surface area (Å²) in [7, 11) is 1.96. The normalized spacial score (nSPS) is 12.0. The van der Waals surface area contributed by atoms with E-state index in [1.54, 1.807) is 6.07 Å². The van der Waals surface area contributed by atoms with Gasteiger partial charge >= 0.3 is 0 Å². The van der Waals surface area contributed by atoms with Gasteiger partial charge in [0, 0.05) is 17.3 Å². The van der Waals surface area contributed by atoms with Gasteiger partial charge in [-0.25, -0.2) is 0 Å². The SMILES string of the molecule is Cc1ccc(NC(=O)[C@@H](c2ccccc2)N(C)Cc2ccccc2)cc1Cl. The number of hydrogen-bond donors (Lipinski definition) is 1. The molecule has 0 fully saturated rings. The molecule has 27 heavy (non-hydrogen) atoms. The number of anilines is 1. The van der Waals surface area contributed by atoms with Crippen molar-refractivity contribution < 1.29 is 4.79 Å². The van der Waals surface area contributed by atoms with E-state index in [1.807, 2.05) is 74.6 Å². The van der Waals surface area contributed by atoms with Crippen LogP contribution in [0.1, 0.15) is 22.7 Å². The van der Waals surface area contributed by atoms with E-state index >= 15 is 0 Å². The average molecular weight is 379 g/mol. The monoisotopic (exact) mass is 378 g/mol. The smallest absolute Gasteiger partial charge is 0.246 e. The van der Waals surface area contributed by atoms with Gasteiger partial charge in [-0.05, 0) is 42.8 Å². The zero-order valence-electron chi connectivity index (χ0n) is 15.5. The Hall–Kier alpha value is -2.62. The third-order valence-electron chi connectivity index (χ3n) is 4.52. The van der Waals surface area contributed by atoms with Gasteiger partial charge in [0.2, 0.25) is 5.91 Å². The average Bonchev–Trinajstić information content (AvgIpc) is 2.66. The molecule has 138 valence electrons. The molecule has 1 N–H and O–H groups in total. The minimum Gasteiger partial charge on any atom is -0.324 e. The molecule has 0 aromatic heterocycles. The molecule has 1 amide bonds. The second-order valence-electron chi connectivity index (χ2n) is 6.67. The van der Waals surface area contributed by atoms with Gasteiger partial charge in [-0.3, -0.25) is 9.69 Å². The van der Waals surface area contributed by atoms with Crippen molar-refractivity contribution in [2.24, 2.45) is 0 Å². The van der Waals surface area contributed by atoms with Crippen LogP contribution in [0.5, 0.6) is 0 Å². The first-order valence-corrected chi connectivity index (χ1v) is 9.28. The second-order valence-corrected chi connectivity index (χ2v) is 7.07. The van der Waals surface area contributed by atoms with Crippen LogP contribution in [0.3, 0.4) is 0 Å². The minimum atomic E-state index is -0.411. The first-order chi connectivity index (χ1) is 13.0. The van der Waals surface area contributed by atoms with Crippen LogP contribution in [0.4, 0.5) is 5.69 Å². The van der Waals surface area contributed by atoms with Gasteiger partial charge in [0.05, 0.1) is 0 Å². The summed E-state index contributed by atoms with van der Waals surface area (Å²) >= 11 is 6.20. The van der Waals surface area contributed by atoms with Crippen molar-refractivity contribution in [3.05, 3.63) is 101 Å². The van der Waals surface area contributed by atoms with Gasteiger partial charge in [-0.15, -0.1) is 0 Å². The Morgan fingerprint density at radius 1 is 1.00 bits per heavy atom. The third-order valence-corrected chi connectivity index (χ3v) is 4.93. The van der Waals surface area contributed by atoms with Crippen LogP contribution in [0.25, 0.3) is 0 Å². The van der Waals surface area contributed by atoms with Gasteiger partial charge in [-0.2, -0.15) is 0 Å². The number of halogens is 1. The van der Waals surface area contributed by atoms with Crippen LogP contribution in [0.15, 0.2) is 78.9 Å². The summed E-state index contributed by atoms with van der Waals surface area (Å²) in [6.45, 7) is 2.61. The van der Waals surface area contributed by atoms with Crippen LogP contribution >= 0.6 is 11.6 Å². The number of rotatable bonds is 6. The first kappa shape index (κ1) is 19.2. The maximum Gasteiger partial charge on any atom is 0.246 e. The van der Waals surface area contributed by atoms with Gasteiger partial charge in [0.1, 0.15) is 6.04 Å². The van der Waals surface area contributed by atoms with Crippen LogP contribution in [-0.4, -0.2) is 17.9 Å². The lowest BCUT2D eigenvalue weighted by molar-refractivity contribution is -0.121. The molecular formula is C23H23ClN2O. The highest BCUT2D eigenvalue weighted by Gasteiger charge is 2.25. The maximum atomic E-state index is 13.1. The van der Waals surface area contributed by atoms with Crippen molar-refractivity contribution >= 4 is 23.2 Å². The lowest BCUT2D eigenvalue weighted by atomic mass is 10.0. The summed E-state index contributed by atoms with van der Waals surface area (Å²) in [4.78, 5) is 15.2. The molecule has 3 aromatic carbocycles. The number of hydrogen-bond acceptors (Lipinski definition) is 2. The van der Waals surface area contributed by atoms with E-state index in [9.17, 15) is 4.79 Å². The Labute approximate surface area is 165 Å². The number of carbonyl (C=O) groups excluding carboxylic acids is 1. The van der Waals surface area contributed by atoms with Crippen LogP contribution in [-0.2, 0) is 11.3 Å². The molecule has 0 spiro atoms. The molecule has 4 heteroatoms. The van der Waals surface area contributed by atoms with E-state index in [1.165, 1.54) is 0 Å². The van der Waals surface area contributed by atoms with E-state index in [0.29, 0.717) is 17.3 Å². The van der Waals surface area contributed by atoms with Crippen molar-refractivity contribution in [3.8, 4) is 0 Å². The number of nitrogens with one attached hydrogen (secondary N) is 1. The molecule has 0 aliphatic rings. The molecule has 3 nitrogen and oxygen atoms in total. The van der Waals surface area contributed by atoms with Crippen LogP contribution < -0.4 is 5.32 Å². The predicted molar refractivity (Wildman–Crippen MR) is 112 cm³/mol. The fourth-order valence-corrected chi connectivity index (χ4v) is 3.27. The first-order valence-electron chi connectivity index (χ1n) is 8.91. The van der Waals surface area contributed by atoms with Gasteiger partial charge in [-0.1, -0.05) is 78.3 Å². The molecule has 3 rings (SSSR count). The molecule has 0 saturated heterocycles. The molecule has 1 atom stereocenters. The summed E-state index contributed by atoms with van der Waals surface area (Å²) in [6.07, 6.45) is 0. The van der Waals surface area contributed by atoms with Crippen molar-refractivity contribution in [1.29, 1.82) is 0 Å².